The molecule has 0 fully saturated rings. The Hall–Kier alpha value is -2.45. The molecular formula is C14H20N4O4. The molecule has 0 heterocycles. The molecule has 0 radical (unpaired) electrons. The second kappa shape index (κ2) is 8.75. The molecule has 0 aliphatic heterocycles. The molecular weight excluding hydrogens is 288 g/mol. The Morgan fingerprint density at radius 3 is 2.23 bits per heavy atom. The Bertz CT molecular complexity index is 521. The number of carbonyl (C=O) groups excluding carboxylic acids is 3. The minimum atomic E-state index is -1.21. The fourth-order valence-electron chi connectivity index (χ4n) is 1.79. The topological polar surface area (TPSA) is 148 Å². The highest BCUT2D eigenvalue weighted by atomic mass is 16.3. The molecule has 120 valence electrons. The van der Waals surface area contributed by atoms with Gasteiger partial charge in [-0.3, -0.25) is 14.4 Å². The quantitative estimate of drug-likeness (QED) is 0.364. The summed E-state index contributed by atoms with van der Waals surface area (Å²) >= 11 is 0. The lowest BCUT2D eigenvalue weighted by atomic mass is 10.0. The van der Waals surface area contributed by atoms with Gasteiger partial charge in [0.15, 0.2) is 0 Å². The van der Waals surface area contributed by atoms with Gasteiger partial charge in [-0.2, -0.15) is 0 Å². The normalized spacial score (nSPS) is 13.0. The summed E-state index contributed by atoms with van der Waals surface area (Å²) in [6.07, 6.45) is 0.218. The van der Waals surface area contributed by atoms with Gasteiger partial charge in [-0.05, 0) is 5.56 Å². The third kappa shape index (κ3) is 5.51. The van der Waals surface area contributed by atoms with Crippen molar-refractivity contribution in [3.8, 4) is 0 Å². The second-order valence-corrected chi connectivity index (χ2v) is 4.66. The molecule has 0 unspecified atom stereocenters. The van der Waals surface area contributed by atoms with Gasteiger partial charge < -0.3 is 27.2 Å². The number of aliphatic hydroxyl groups is 1. The maximum Gasteiger partial charge on any atom is 0.243 e. The Kier molecular flexibility index (Phi) is 7.00. The number of hydrogen-bond acceptors (Lipinski definition) is 5. The molecule has 2 atom stereocenters. The predicted molar refractivity (Wildman–Crippen MR) is 79.3 cm³/mol. The molecule has 0 aromatic heterocycles. The van der Waals surface area contributed by atoms with Crippen molar-refractivity contribution in [2.24, 2.45) is 11.5 Å². The fourth-order valence-corrected chi connectivity index (χ4v) is 1.79. The molecule has 1 aromatic rings. The van der Waals surface area contributed by atoms with Crippen molar-refractivity contribution < 1.29 is 19.5 Å². The Balaban J connectivity index is 2.82. The van der Waals surface area contributed by atoms with Crippen molar-refractivity contribution in [3.05, 3.63) is 35.9 Å². The van der Waals surface area contributed by atoms with Crippen LogP contribution in [0.15, 0.2) is 30.3 Å². The van der Waals surface area contributed by atoms with Crippen LogP contribution in [0.2, 0.25) is 0 Å². The van der Waals surface area contributed by atoms with Gasteiger partial charge in [-0.15, -0.1) is 0 Å². The third-order valence-electron chi connectivity index (χ3n) is 2.96. The minimum absolute atomic E-state index is 0.218. The van der Waals surface area contributed by atoms with Crippen molar-refractivity contribution in [1.82, 2.24) is 10.6 Å². The molecule has 7 N–H and O–H groups in total. The average Bonchev–Trinajstić information content (AvgIpc) is 2.52. The van der Waals surface area contributed by atoms with Gasteiger partial charge in [0.25, 0.3) is 0 Å². The van der Waals surface area contributed by atoms with E-state index in [0.717, 1.165) is 5.56 Å². The Morgan fingerprint density at radius 2 is 1.73 bits per heavy atom. The molecule has 3 amide bonds. The zero-order chi connectivity index (χ0) is 16.5. The van der Waals surface area contributed by atoms with Gasteiger partial charge in [0.2, 0.25) is 17.7 Å². The first-order valence-corrected chi connectivity index (χ1v) is 6.71. The highest BCUT2D eigenvalue weighted by Gasteiger charge is 2.25. The van der Waals surface area contributed by atoms with Crippen LogP contribution >= 0.6 is 0 Å². The van der Waals surface area contributed by atoms with Crippen LogP contribution in [0, 0.1) is 0 Å². The lowest BCUT2D eigenvalue weighted by Gasteiger charge is -2.21. The monoisotopic (exact) mass is 308 g/mol. The maximum atomic E-state index is 12.2. The second-order valence-electron chi connectivity index (χ2n) is 4.66. The van der Waals surface area contributed by atoms with Gasteiger partial charge in [0.1, 0.15) is 12.1 Å². The summed E-state index contributed by atoms with van der Waals surface area (Å²) in [7, 11) is 0. The van der Waals surface area contributed by atoms with E-state index in [4.69, 9.17) is 16.6 Å². The summed E-state index contributed by atoms with van der Waals surface area (Å²) in [6.45, 7) is -0.887. The van der Waals surface area contributed by atoms with E-state index in [1.165, 1.54) is 0 Å². The number of nitrogens with one attached hydrogen (secondary N) is 2. The van der Waals surface area contributed by atoms with E-state index < -0.39 is 36.4 Å². The first kappa shape index (κ1) is 17.6. The predicted octanol–water partition coefficient (Wildman–Crippen LogP) is -2.36. The molecule has 0 spiro atoms. The molecule has 1 rings (SSSR count). The largest absolute Gasteiger partial charge is 0.394 e. The SMILES string of the molecule is NCC(=O)N[C@@H](Cc1ccccc1)C(=O)N[C@@H](CO)C(N)=O. The fraction of sp³-hybridized carbons (Fsp3) is 0.357. The first-order valence-electron chi connectivity index (χ1n) is 6.71. The molecule has 0 saturated carbocycles. The van der Waals surface area contributed by atoms with Crippen molar-refractivity contribution in [3.63, 3.8) is 0 Å². The summed E-state index contributed by atoms with van der Waals surface area (Å²) in [6, 6.07) is 6.89. The highest BCUT2D eigenvalue weighted by molar-refractivity contribution is 5.92. The number of primary amides is 1. The van der Waals surface area contributed by atoms with Crippen molar-refractivity contribution in [2.45, 2.75) is 18.5 Å². The third-order valence-corrected chi connectivity index (χ3v) is 2.96. The summed E-state index contributed by atoms with van der Waals surface area (Å²) in [5, 5.41) is 13.8. The van der Waals surface area contributed by atoms with E-state index in [9.17, 15) is 14.4 Å². The number of hydrogen-bond donors (Lipinski definition) is 5. The number of rotatable bonds is 8. The smallest absolute Gasteiger partial charge is 0.243 e. The average molecular weight is 308 g/mol. The number of benzene rings is 1. The van der Waals surface area contributed by atoms with Crippen LogP contribution in [0.4, 0.5) is 0 Å². The number of aliphatic hydroxyl groups excluding tert-OH is 1. The molecule has 8 heteroatoms. The summed E-state index contributed by atoms with van der Waals surface area (Å²) in [4.78, 5) is 34.7. The van der Waals surface area contributed by atoms with Gasteiger partial charge in [0, 0.05) is 6.42 Å². The Labute approximate surface area is 127 Å². The molecule has 8 nitrogen and oxygen atoms in total. The van der Waals surface area contributed by atoms with E-state index in [1.54, 1.807) is 24.3 Å². The summed E-state index contributed by atoms with van der Waals surface area (Å²) in [5.41, 5.74) is 11.1. The summed E-state index contributed by atoms with van der Waals surface area (Å²) in [5.74, 6) is -1.99. The highest BCUT2D eigenvalue weighted by Crippen LogP contribution is 2.04. The van der Waals surface area contributed by atoms with Crippen LogP contribution in [0.3, 0.4) is 0 Å². The Morgan fingerprint density at radius 1 is 1.09 bits per heavy atom. The van der Waals surface area contributed by atoms with Crippen molar-refractivity contribution >= 4 is 17.7 Å². The number of amides is 3. The van der Waals surface area contributed by atoms with E-state index in [0.29, 0.717) is 0 Å². The standard InChI is InChI=1S/C14H20N4O4/c15-7-12(20)17-10(6-9-4-2-1-3-5-9)14(22)18-11(8-19)13(16)21/h1-5,10-11,19H,6-8,15H2,(H2,16,21)(H,17,20)(H,18,22)/t10-,11-/m0/s1. The van der Waals surface area contributed by atoms with Crippen molar-refractivity contribution in [1.29, 1.82) is 0 Å². The van der Waals surface area contributed by atoms with Crippen LogP contribution in [0.25, 0.3) is 0 Å². The van der Waals surface area contributed by atoms with Crippen LogP contribution in [-0.4, -0.2) is 48.1 Å². The summed E-state index contributed by atoms with van der Waals surface area (Å²) < 4.78 is 0. The maximum absolute atomic E-state index is 12.2. The zero-order valence-corrected chi connectivity index (χ0v) is 12.0. The van der Waals surface area contributed by atoms with Crippen LogP contribution in [0.1, 0.15) is 5.56 Å². The molecule has 0 aliphatic carbocycles. The van der Waals surface area contributed by atoms with Gasteiger partial charge in [-0.1, -0.05) is 30.3 Å². The van der Waals surface area contributed by atoms with E-state index >= 15 is 0 Å². The molecule has 0 saturated heterocycles. The number of carbonyl (C=O) groups is 3. The van der Waals surface area contributed by atoms with Gasteiger partial charge in [0.05, 0.1) is 13.2 Å². The van der Waals surface area contributed by atoms with Gasteiger partial charge in [-0.25, -0.2) is 0 Å². The molecule has 0 aliphatic rings. The van der Waals surface area contributed by atoms with Crippen LogP contribution in [-0.2, 0) is 20.8 Å². The lowest BCUT2D eigenvalue weighted by Crippen LogP contribution is -2.55. The van der Waals surface area contributed by atoms with E-state index in [1.807, 2.05) is 6.07 Å². The zero-order valence-electron chi connectivity index (χ0n) is 12.0. The van der Waals surface area contributed by atoms with Crippen LogP contribution < -0.4 is 22.1 Å². The van der Waals surface area contributed by atoms with E-state index in [2.05, 4.69) is 10.6 Å². The van der Waals surface area contributed by atoms with Crippen molar-refractivity contribution in [2.75, 3.05) is 13.2 Å². The lowest BCUT2D eigenvalue weighted by molar-refractivity contribution is -0.131. The van der Waals surface area contributed by atoms with Gasteiger partial charge >= 0.3 is 0 Å². The minimum Gasteiger partial charge on any atom is -0.394 e. The first-order chi connectivity index (χ1) is 10.5. The molecule has 22 heavy (non-hydrogen) atoms. The number of nitrogens with two attached hydrogens (primary N) is 2. The molecule has 0 bridgehead atoms. The molecule has 1 aromatic carbocycles. The van der Waals surface area contributed by atoms with E-state index in [-0.39, 0.29) is 13.0 Å². The van der Waals surface area contributed by atoms with Crippen LogP contribution in [0.5, 0.6) is 0 Å².